The molecule has 0 aliphatic carbocycles. The van der Waals surface area contributed by atoms with Crippen LogP contribution in [0.1, 0.15) is 31.0 Å². The van der Waals surface area contributed by atoms with Gasteiger partial charge in [-0.3, -0.25) is 19.5 Å². The quantitative estimate of drug-likeness (QED) is 0.133. The van der Waals surface area contributed by atoms with Crippen LogP contribution in [0.4, 0.5) is 5.69 Å². The van der Waals surface area contributed by atoms with Gasteiger partial charge >= 0.3 is 5.97 Å². The fourth-order valence-corrected chi connectivity index (χ4v) is 6.48. The molecule has 0 unspecified atom stereocenters. The monoisotopic (exact) mass is 603 g/mol. The number of nitro groups is 1. The van der Waals surface area contributed by atoms with Crippen molar-refractivity contribution in [2.24, 2.45) is 4.99 Å². The molecular formula is C28H21N5O7S2. The molecule has 42 heavy (non-hydrogen) atoms. The van der Waals surface area contributed by atoms with E-state index in [4.69, 9.17) is 14.2 Å². The highest BCUT2D eigenvalue weighted by atomic mass is 32.2. The minimum atomic E-state index is -0.837. The highest BCUT2D eigenvalue weighted by molar-refractivity contribution is 7.99. The first-order valence-electron chi connectivity index (χ1n) is 12.7. The third-order valence-electron chi connectivity index (χ3n) is 6.45. The van der Waals surface area contributed by atoms with Gasteiger partial charge in [0.05, 0.1) is 38.3 Å². The first-order chi connectivity index (χ1) is 20.3. The van der Waals surface area contributed by atoms with Gasteiger partial charge in [0, 0.05) is 18.5 Å². The second-order valence-electron chi connectivity index (χ2n) is 9.03. The zero-order chi connectivity index (χ0) is 29.4. The van der Waals surface area contributed by atoms with E-state index >= 15 is 0 Å². The van der Waals surface area contributed by atoms with Crippen molar-refractivity contribution in [3.8, 4) is 11.5 Å². The molecule has 1 atom stereocenters. The van der Waals surface area contributed by atoms with E-state index in [0.29, 0.717) is 47.7 Å². The number of hydrogen-bond donors (Lipinski definition) is 0. The van der Waals surface area contributed by atoms with Crippen molar-refractivity contribution in [2.45, 2.75) is 29.9 Å². The van der Waals surface area contributed by atoms with Crippen LogP contribution in [0.2, 0.25) is 0 Å². The number of aromatic nitrogens is 3. The lowest BCUT2D eigenvalue weighted by Gasteiger charge is -2.24. The smallest absolute Gasteiger partial charge is 0.338 e. The number of carbonyl (C=O) groups is 1. The molecule has 0 radical (unpaired) electrons. The SMILES string of the molecule is CCOC(=O)C1=C(C)N=c2s/c(=C/c3ccc(Sc4ncccn4)c([N+](=O)[O-])c3)c(=O)n2[C@@H]1c1ccc2c(c1)OCO2. The molecule has 212 valence electrons. The Hall–Kier alpha value is -4.82. The van der Waals surface area contributed by atoms with Gasteiger partial charge in [-0.15, -0.1) is 0 Å². The molecular weight excluding hydrogens is 582 g/mol. The highest BCUT2D eigenvalue weighted by Gasteiger charge is 2.34. The summed E-state index contributed by atoms with van der Waals surface area (Å²) in [7, 11) is 0. The number of hydrogen-bond acceptors (Lipinski definition) is 12. The second-order valence-corrected chi connectivity index (χ2v) is 11.1. The van der Waals surface area contributed by atoms with Crippen molar-refractivity contribution in [3.05, 3.63) is 107 Å². The van der Waals surface area contributed by atoms with E-state index in [1.165, 1.54) is 10.6 Å². The molecule has 2 aromatic carbocycles. The maximum absolute atomic E-state index is 13.9. The molecule has 6 rings (SSSR count). The van der Waals surface area contributed by atoms with Crippen molar-refractivity contribution < 1.29 is 23.9 Å². The number of allylic oxidation sites excluding steroid dienone is 1. The molecule has 2 aliphatic rings. The summed E-state index contributed by atoms with van der Waals surface area (Å²) in [5.41, 5.74) is 1.16. The Bertz CT molecular complexity index is 1950. The van der Waals surface area contributed by atoms with E-state index in [2.05, 4.69) is 15.0 Å². The number of ether oxygens (including phenoxy) is 3. The van der Waals surface area contributed by atoms with Crippen molar-refractivity contribution in [1.29, 1.82) is 0 Å². The molecule has 0 spiro atoms. The number of carbonyl (C=O) groups excluding carboxylic acids is 1. The van der Waals surface area contributed by atoms with Crippen LogP contribution in [0, 0.1) is 10.1 Å². The average molecular weight is 604 g/mol. The summed E-state index contributed by atoms with van der Waals surface area (Å²) in [6, 6.07) is 10.7. The van der Waals surface area contributed by atoms with Gasteiger partial charge in [-0.05, 0) is 67.1 Å². The number of thiazole rings is 1. The maximum atomic E-state index is 13.9. The van der Waals surface area contributed by atoms with Crippen LogP contribution in [0.3, 0.4) is 0 Å². The Kier molecular flexibility index (Phi) is 7.31. The van der Waals surface area contributed by atoms with E-state index in [1.54, 1.807) is 68.7 Å². The fraction of sp³-hybridized carbons (Fsp3) is 0.179. The lowest BCUT2D eigenvalue weighted by Crippen LogP contribution is -2.39. The summed E-state index contributed by atoms with van der Waals surface area (Å²) in [4.78, 5) is 52.0. The molecule has 12 nitrogen and oxygen atoms in total. The number of nitrogens with zero attached hydrogens (tertiary/aromatic N) is 5. The van der Waals surface area contributed by atoms with Crippen LogP contribution in [0.15, 0.2) is 86.0 Å². The van der Waals surface area contributed by atoms with Gasteiger partial charge in [0.15, 0.2) is 21.5 Å². The normalized spacial score (nSPS) is 15.8. The van der Waals surface area contributed by atoms with Gasteiger partial charge in [-0.1, -0.05) is 23.5 Å². The van der Waals surface area contributed by atoms with Crippen LogP contribution in [0.5, 0.6) is 11.5 Å². The summed E-state index contributed by atoms with van der Waals surface area (Å²) in [6.45, 7) is 3.62. The van der Waals surface area contributed by atoms with Crippen molar-refractivity contribution in [2.75, 3.05) is 13.4 Å². The Morgan fingerprint density at radius 3 is 2.76 bits per heavy atom. The summed E-state index contributed by atoms with van der Waals surface area (Å²) in [6.07, 6.45) is 4.69. The van der Waals surface area contributed by atoms with Crippen LogP contribution < -0.4 is 24.4 Å². The van der Waals surface area contributed by atoms with Crippen LogP contribution in [0.25, 0.3) is 6.08 Å². The third-order valence-corrected chi connectivity index (χ3v) is 8.39. The van der Waals surface area contributed by atoms with Gasteiger partial charge in [0.2, 0.25) is 6.79 Å². The number of nitro benzene ring substituents is 1. The molecule has 2 aromatic heterocycles. The molecule has 0 fully saturated rings. The lowest BCUT2D eigenvalue weighted by atomic mass is 9.95. The molecule has 2 aliphatic heterocycles. The zero-order valence-electron chi connectivity index (χ0n) is 22.2. The largest absolute Gasteiger partial charge is 0.463 e. The molecule has 4 heterocycles. The average Bonchev–Trinajstić information content (AvgIpc) is 3.57. The molecule has 0 N–H and O–H groups in total. The molecule has 0 bridgehead atoms. The number of esters is 1. The van der Waals surface area contributed by atoms with Gasteiger partial charge in [0.25, 0.3) is 11.2 Å². The minimum Gasteiger partial charge on any atom is -0.463 e. The Labute approximate surface area is 245 Å². The van der Waals surface area contributed by atoms with Gasteiger partial charge in [-0.25, -0.2) is 19.8 Å². The van der Waals surface area contributed by atoms with Crippen molar-refractivity contribution in [3.63, 3.8) is 0 Å². The van der Waals surface area contributed by atoms with E-state index in [1.807, 2.05) is 0 Å². The van der Waals surface area contributed by atoms with E-state index in [9.17, 15) is 19.7 Å². The van der Waals surface area contributed by atoms with E-state index in [0.717, 1.165) is 23.1 Å². The lowest BCUT2D eigenvalue weighted by molar-refractivity contribution is -0.387. The third kappa shape index (κ3) is 5.05. The predicted octanol–water partition coefficient (Wildman–Crippen LogP) is 3.38. The first-order valence-corrected chi connectivity index (χ1v) is 14.3. The van der Waals surface area contributed by atoms with Gasteiger partial charge in [-0.2, -0.15) is 0 Å². The topological polar surface area (TPSA) is 148 Å². The maximum Gasteiger partial charge on any atom is 0.338 e. The van der Waals surface area contributed by atoms with Crippen molar-refractivity contribution >= 4 is 40.8 Å². The van der Waals surface area contributed by atoms with Crippen molar-refractivity contribution in [1.82, 2.24) is 14.5 Å². The zero-order valence-corrected chi connectivity index (χ0v) is 23.8. The fourth-order valence-electron chi connectivity index (χ4n) is 4.63. The van der Waals surface area contributed by atoms with Crippen LogP contribution in [-0.4, -0.2) is 38.8 Å². The van der Waals surface area contributed by atoms with E-state index < -0.39 is 22.5 Å². The van der Waals surface area contributed by atoms with Gasteiger partial charge < -0.3 is 14.2 Å². The molecule has 14 heteroatoms. The highest BCUT2D eigenvalue weighted by Crippen LogP contribution is 2.38. The Morgan fingerprint density at radius 1 is 1.21 bits per heavy atom. The number of benzene rings is 2. The summed E-state index contributed by atoms with van der Waals surface area (Å²) in [5.74, 6) is 0.479. The standard InChI is InChI=1S/C28H21N5O7S2/c1-3-38-26(35)23-15(2)31-28-32(24(23)17-6-7-19-20(13-17)40-14-39-19)25(34)22(42-28)12-16-5-8-21(18(11-16)33(36)37)41-27-29-9-4-10-30-27/h4-13,24H,3,14H2,1-2H3/b22-12+/t24-/m1/s1. The second kappa shape index (κ2) is 11.2. The predicted molar refractivity (Wildman–Crippen MR) is 152 cm³/mol. The minimum absolute atomic E-state index is 0.0724. The number of rotatable bonds is 7. The summed E-state index contributed by atoms with van der Waals surface area (Å²) >= 11 is 2.20. The van der Waals surface area contributed by atoms with Gasteiger partial charge in [0.1, 0.15) is 0 Å². The summed E-state index contributed by atoms with van der Waals surface area (Å²) in [5, 5.41) is 12.3. The Balaban J connectivity index is 1.46. The number of fused-ring (bicyclic) bond motifs is 2. The first kappa shape index (κ1) is 27.4. The van der Waals surface area contributed by atoms with Crippen LogP contribution in [-0.2, 0) is 9.53 Å². The molecule has 0 saturated carbocycles. The molecule has 4 aromatic rings. The van der Waals surface area contributed by atoms with E-state index in [-0.39, 0.29) is 24.7 Å². The molecule has 0 saturated heterocycles. The Morgan fingerprint density at radius 2 is 2.00 bits per heavy atom. The summed E-state index contributed by atoms with van der Waals surface area (Å²) < 4.78 is 18.0. The molecule has 0 amide bonds. The van der Waals surface area contributed by atoms with Crippen LogP contribution >= 0.6 is 23.1 Å².